The van der Waals surface area contributed by atoms with Gasteiger partial charge in [-0.1, -0.05) is 18.2 Å². The highest BCUT2D eigenvalue weighted by atomic mass is 16.2. The number of para-hydroxylation sites is 1. The van der Waals surface area contributed by atoms with E-state index in [1.54, 1.807) is 11.8 Å². The molecule has 0 spiro atoms. The van der Waals surface area contributed by atoms with Crippen LogP contribution in [-0.2, 0) is 9.59 Å². The van der Waals surface area contributed by atoms with Gasteiger partial charge in [-0.15, -0.1) is 0 Å². The third-order valence-electron chi connectivity index (χ3n) is 4.63. The molecule has 1 aromatic carbocycles. The molecule has 1 aliphatic rings. The molecule has 0 radical (unpaired) electrons. The summed E-state index contributed by atoms with van der Waals surface area (Å²) in [5, 5.41) is 3.04. The summed E-state index contributed by atoms with van der Waals surface area (Å²) in [4.78, 5) is 27.8. The number of rotatable bonds is 5. The first-order chi connectivity index (χ1) is 11.0. The second kappa shape index (κ2) is 7.99. The third-order valence-corrected chi connectivity index (χ3v) is 4.63. The van der Waals surface area contributed by atoms with Crippen molar-refractivity contribution < 1.29 is 9.59 Å². The van der Waals surface area contributed by atoms with Crippen molar-refractivity contribution in [3.63, 3.8) is 0 Å². The molecule has 0 aliphatic carbocycles. The van der Waals surface area contributed by atoms with E-state index >= 15 is 0 Å². The fourth-order valence-electron chi connectivity index (χ4n) is 2.92. The quantitative estimate of drug-likeness (QED) is 0.902. The molecule has 2 atom stereocenters. The SMILES string of the molecule is CC(=O)N1CCC[C@@H](C(=O)NC[C@@H](C)N(C)c2ccccc2)C1. The molecule has 2 amide bonds. The number of amides is 2. The summed E-state index contributed by atoms with van der Waals surface area (Å²) in [5.74, 6) is 0.0332. The molecule has 0 saturated carbocycles. The summed E-state index contributed by atoms with van der Waals surface area (Å²) in [6.07, 6.45) is 1.76. The van der Waals surface area contributed by atoms with Crippen molar-refractivity contribution in [2.24, 2.45) is 5.92 Å². The number of nitrogens with one attached hydrogen (secondary N) is 1. The molecule has 0 aromatic heterocycles. The summed E-state index contributed by atoms with van der Waals surface area (Å²) < 4.78 is 0. The fourth-order valence-corrected chi connectivity index (χ4v) is 2.92. The van der Waals surface area contributed by atoms with Gasteiger partial charge in [-0.2, -0.15) is 0 Å². The number of hydrogen-bond donors (Lipinski definition) is 1. The molecular weight excluding hydrogens is 290 g/mol. The van der Waals surface area contributed by atoms with Gasteiger partial charge in [-0.3, -0.25) is 9.59 Å². The highest BCUT2D eigenvalue weighted by Gasteiger charge is 2.27. The zero-order valence-electron chi connectivity index (χ0n) is 14.3. The Bertz CT molecular complexity index is 532. The Morgan fingerprint density at radius 2 is 2.04 bits per heavy atom. The van der Waals surface area contributed by atoms with Crippen LogP contribution < -0.4 is 10.2 Å². The van der Waals surface area contributed by atoms with Crippen LogP contribution in [0.2, 0.25) is 0 Å². The minimum atomic E-state index is -0.0816. The molecule has 23 heavy (non-hydrogen) atoms. The Balaban J connectivity index is 1.82. The molecular formula is C18H27N3O2. The zero-order valence-corrected chi connectivity index (χ0v) is 14.3. The lowest BCUT2D eigenvalue weighted by Gasteiger charge is -2.32. The lowest BCUT2D eigenvalue weighted by atomic mass is 9.97. The Labute approximate surface area is 138 Å². The lowest BCUT2D eigenvalue weighted by molar-refractivity contribution is -0.133. The number of benzene rings is 1. The van der Waals surface area contributed by atoms with Crippen molar-refractivity contribution in [3.05, 3.63) is 30.3 Å². The van der Waals surface area contributed by atoms with Crippen LogP contribution in [0.25, 0.3) is 0 Å². The molecule has 0 bridgehead atoms. The Morgan fingerprint density at radius 3 is 2.70 bits per heavy atom. The second-order valence-corrected chi connectivity index (χ2v) is 6.34. The van der Waals surface area contributed by atoms with Gasteiger partial charge in [0, 0.05) is 45.3 Å². The van der Waals surface area contributed by atoms with E-state index < -0.39 is 0 Å². The van der Waals surface area contributed by atoms with Gasteiger partial charge in [0.1, 0.15) is 0 Å². The minimum Gasteiger partial charge on any atom is -0.370 e. The average Bonchev–Trinajstić information content (AvgIpc) is 2.59. The highest BCUT2D eigenvalue weighted by Crippen LogP contribution is 2.17. The van der Waals surface area contributed by atoms with Crippen molar-refractivity contribution in [2.75, 3.05) is 31.6 Å². The van der Waals surface area contributed by atoms with Crippen molar-refractivity contribution in [2.45, 2.75) is 32.7 Å². The van der Waals surface area contributed by atoms with Gasteiger partial charge in [0.25, 0.3) is 0 Å². The normalized spacial score (nSPS) is 19.1. The van der Waals surface area contributed by atoms with Gasteiger partial charge < -0.3 is 15.1 Å². The van der Waals surface area contributed by atoms with E-state index in [0.717, 1.165) is 25.1 Å². The van der Waals surface area contributed by atoms with Crippen molar-refractivity contribution >= 4 is 17.5 Å². The smallest absolute Gasteiger partial charge is 0.224 e. The number of likely N-dealkylation sites (N-methyl/N-ethyl adjacent to an activating group) is 1. The zero-order chi connectivity index (χ0) is 16.8. The lowest BCUT2D eigenvalue weighted by Crippen LogP contribution is -2.47. The molecule has 1 N–H and O–H groups in total. The number of nitrogens with zero attached hydrogens (tertiary/aromatic N) is 2. The van der Waals surface area contributed by atoms with Crippen LogP contribution in [-0.4, -0.2) is 49.4 Å². The predicted octanol–water partition coefficient (Wildman–Crippen LogP) is 1.89. The topological polar surface area (TPSA) is 52.7 Å². The Kier molecular flexibility index (Phi) is 6.02. The number of hydrogen-bond acceptors (Lipinski definition) is 3. The summed E-state index contributed by atoms with van der Waals surface area (Å²) in [6.45, 7) is 5.57. The molecule has 1 heterocycles. The van der Waals surface area contributed by atoms with Gasteiger partial charge >= 0.3 is 0 Å². The Morgan fingerprint density at radius 1 is 1.35 bits per heavy atom. The Hall–Kier alpha value is -2.04. The average molecular weight is 317 g/mol. The van der Waals surface area contributed by atoms with Gasteiger partial charge in [-0.05, 0) is 31.9 Å². The maximum absolute atomic E-state index is 12.4. The van der Waals surface area contributed by atoms with Crippen molar-refractivity contribution in [1.82, 2.24) is 10.2 Å². The molecule has 1 aromatic rings. The van der Waals surface area contributed by atoms with Crippen LogP contribution in [0.15, 0.2) is 30.3 Å². The van der Waals surface area contributed by atoms with Gasteiger partial charge in [0.2, 0.25) is 11.8 Å². The monoisotopic (exact) mass is 317 g/mol. The molecule has 1 fully saturated rings. The summed E-state index contributed by atoms with van der Waals surface area (Å²) in [7, 11) is 2.03. The number of carbonyl (C=O) groups excluding carboxylic acids is 2. The van der Waals surface area contributed by atoms with Crippen LogP contribution in [0.1, 0.15) is 26.7 Å². The highest BCUT2D eigenvalue weighted by molar-refractivity contribution is 5.80. The van der Waals surface area contributed by atoms with Crippen LogP contribution in [0.5, 0.6) is 0 Å². The molecule has 5 nitrogen and oxygen atoms in total. The van der Waals surface area contributed by atoms with Gasteiger partial charge in [-0.25, -0.2) is 0 Å². The minimum absolute atomic E-state index is 0.0553. The first kappa shape index (κ1) is 17.3. The van der Waals surface area contributed by atoms with E-state index in [1.807, 2.05) is 25.2 Å². The van der Waals surface area contributed by atoms with Crippen LogP contribution >= 0.6 is 0 Å². The summed E-state index contributed by atoms with van der Waals surface area (Å²) in [6, 6.07) is 10.3. The molecule has 1 saturated heterocycles. The van der Waals surface area contributed by atoms with E-state index in [1.165, 1.54) is 0 Å². The van der Waals surface area contributed by atoms with Gasteiger partial charge in [0.15, 0.2) is 0 Å². The largest absolute Gasteiger partial charge is 0.370 e. The number of carbonyl (C=O) groups is 2. The number of likely N-dealkylation sites (tertiary alicyclic amines) is 1. The van der Waals surface area contributed by atoms with E-state index in [2.05, 4.69) is 29.3 Å². The molecule has 126 valence electrons. The van der Waals surface area contributed by atoms with Crippen LogP contribution in [0.4, 0.5) is 5.69 Å². The number of piperidine rings is 1. The first-order valence-corrected chi connectivity index (χ1v) is 8.30. The van der Waals surface area contributed by atoms with E-state index in [9.17, 15) is 9.59 Å². The summed E-state index contributed by atoms with van der Waals surface area (Å²) >= 11 is 0. The first-order valence-electron chi connectivity index (χ1n) is 8.30. The molecule has 0 unspecified atom stereocenters. The van der Waals surface area contributed by atoms with Crippen molar-refractivity contribution in [1.29, 1.82) is 0 Å². The maximum Gasteiger partial charge on any atom is 0.224 e. The standard InChI is InChI=1S/C18H27N3O2/c1-14(20(3)17-9-5-4-6-10-17)12-19-18(23)16-8-7-11-21(13-16)15(2)22/h4-6,9-10,14,16H,7-8,11-13H2,1-3H3,(H,19,23)/t14-,16-/m1/s1. The van der Waals surface area contributed by atoms with E-state index in [4.69, 9.17) is 0 Å². The molecule has 1 aliphatic heterocycles. The second-order valence-electron chi connectivity index (χ2n) is 6.34. The van der Waals surface area contributed by atoms with E-state index in [0.29, 0.717) is 13.1 Å². The molecule has 5 heteroatoms. The van der Waals surface area contributed by atoms with E-state index in [-0.39, 0.29) is 23.8 Å². The summed E-state index contributed by atoms with van der Waals surface area (Å²) in [5.41, 5.74) is 1.13. The third kappa shape index (κ3) is 4.71. The fraction of sp³-hybridized carbons (Fsp3) is 0.556. The van der Waals surface area contributed by atoms with Crippen LogP contribution in [0, 0.1) is 5.92 Å². The van der Waals surface area contributed by atoms with Gasteiger partial charge in [0.05, 0.1) is 5.92 Å². The molecule has 2 rings (SSSR count). The maximum atomic E-state index is 12.4. The predicted molar refractivity (Wildman–Crippen MR) is 92.3 cm³/mol. The van der Waals surface area contributed by atoms with Crippen molar-refractivity contribution in [3.8, 4) is 0 Å². The number of anilines is 1. The van der Waals surface area contributed by atoms with Crippen LogP contribution in [0.3, 0.4) is 0 Å².